The van der Waals surface area contributed by atoms with Gasteiger partial charge in [-0.1, -0.05) is 6.07 Å². The summed E-state index contributed by atoms with van der Waals surface area (Å²) in [6.45, 7) is 1.52. The highest BCUT2D eigenvalue weighted by Crippen LogP contribution is 2.23. The van der Waals surface area contributed by atoms with E-state index in [1.54, 1.807) is 12.1 Å². The molecule has 1 aromatic carbocycles. The van der Waals surface area contributed by atoms with Gasteiger partial charge in [-0.3, -0.25) is 0 Å². The van der Waals surface area contributed by atoms with Crippen molar-refractivity contribution in [2.24, 2.45) is 0 Å². The molecule has 1 fully saturated rings. The van der Waals surface area contributed by atoms with Gasteiger partial charge in [0.25, 0.3) is 0 Å². The maximum atomic E-state index is 12.5. The molecule has 2 aromatic rings. The van der Waals surface area contributed by atoms with Crippen LogP contribution in [-0.2, 0) is 14.8 Å². The van der Waals surface area contributed by atoms with Crippen molar-refractivity contribution in [2.45, 2.75) is 4.90 Å². The normalized spacial score (nSPS) is 18.2. The molecule has 0 radical (unpaired) electrons. The summed E-state index contributed by atoms with van der Waals surface area (Å²) in [7, 11) is -3.57. The quantitative estimate of drug-likeness (QED) is 0.776. The summed E-state index contributed by atoms with van der Waals surface area (Å²) in [5.41, 5.74) is 0.702. The molecule has 3 rings (SSSR count). The molecular weight excluding hydrogens is 258 g/mol. The smallest absolute Gasteiger partial charge is 0.245 e. The molecule has 96 valence electrons. The standard InChI is InChI=1S/C10H11N3O4S/c14-18(15,13-4-6-16-7-5-13)9-3-1-2-8-10(9)12-17-11-8/h1-3H,4-7H2. The second-order valence-corrected chi connectivity index (χ2v) is 5.81. The van der Waals surface area contributed by atoms with Crippen molar-refractivity contribution in [2.75, 3.05) is 26.3 Å². The average molecular weight is 269 g/mol. The molecule has 0 aliphatic carbocycles. The summed E-state index contributed by atoms with van der Waals surface area (Å²) >= 11 is 0. The van der Waals surface area contributed by atoms with E-state index in [0.717, 1.165) is 0 Å². The van der Waals surface area contributed by atoms with Gasteiger partial charge in [-0.05, 0) is 22.4 Å². The van der Waals surface area contributed by atoms with Gasteiger partial charge in [0.15, 0.2) is 5.52 Å². The number of fused-ring (bicyclic) bond motifs is 1. The maximum Gasteiger partial charge on any atom is 0.245 e. The van der Waals surface area contributed by atoms with Crippen LogP contribution in [0.25, 0.3) is 11.0 Å². The first kappa shape index (κ1) is 11.6. The highest BCUT2D eigenvalue weighted by atomic mass is 32.2. The molecule has 0 bridgehead atoms. The number of ether oxygens (including phenoxy) is 1. The Morgan fingerprint density at radius 2 is 1.94 bits per heavy atom. The second-order valence-electron chi connectivity index (χ2n) is 3.90. The number of benzene rings is 1. The van der Waals surface area contributed by atoms with Crippen LogP contribution in [0.4, 0.5) is 0 Å². The van der Waals surface area contributed by atoms with Crippen molar-refractivity contribution in [3.8, 4) is 0 Å². The second kappa shape index (κ2) is 4.30. The summed E-state index contributed by atoms with van der Waals surface area (Å²) in [5.74, 6) is 0. The molecule has 0 atom stereocenters. The van der Waals surface area contributed by atoms with Gasteiger partial charge in [0.2, 0.25) is 10.0 Å². The van der Waals surface area contributed by atoms with Crippen molar-refractivity contribution >= 4 is 21.1 Å². The zero-order valence-electron chi connectivity index (χ0n) is 9.44. The number of aromatic nitrogens is 2. The molecule has 1 aliphatic rings. The summed E-state index contributed by atoms with van der Waals surface area (Å²) < 4.78 is 36.0. The van der Waals surface area contributed by atoms with Gasteiger partial charge in [-0.15, -0.1) is 0 Å². The monoisotopic (exact) mass is 269 g/mol. The lowest BCUT2D eigenvalue weighted by atomic mass is 10.3. The Morgan fingerprint density at radius 1 is 1.17 bits per heavy atom. The first-order valence-corrected chi connectivity index (χ1v) is 6.93. The molecule has 1 aromatic heterocycles. The number of morpholine rings is 1. The highest BCUT2D eigenvalue weighted by molar-refractivity contribution is 7.89. The van der Waals surface area contributed by atoms with Crippen molar-refractivity contribution < 1.29 is 17.8 Å². The van der Waals surface area contributed by atoms with Crippen molar-refractivity contribution in [1.29, 1.82) is 0 Å². The van der Waals surface area contributed by atoms with Crippen molar-refractivity contribution in [3.05, 3.63) is 18.2 Å². The van der Waals surface area contributed by atoms with E-state index in [4.69, 9.17) is 4.74 Å². The molecule has 1 saturated heterocycles. The van der Waals surface area contributed by atoms with Crippen LogP contribution in [0.15, 0.2) is 27.7 Å². The van der Waals surface area contributed by atoms with E-state index in [1.165, 1.54) is 10.4 Å². The van der Waals surface area contributed by atoms with Gasteiger partial charge in [0.1, 0.15) is 10.4 Å². The Hall–Kier alpha value is -1.51. The molecule has 0 saturated carbocycles. The average Bonchev–Trinajstić information content (AvgIpc) is 2.87. The van der Waals surface area contributed by atoms with Gasteiger partial charge >= 0.3 is 0 Å². The van der Waals surface area contributed by atoms with E-state index in [-0.39, 0.29) is 10.4 Å². The van der Waals surface area contributed by atoms with Crippen LogP contribution in [-0.4, -0.2) is 49.3 Å². The molecule has 18 heavy (non-hydrogen) atoms. The Labute approximate surface area is 103 Å². The molecule has 0 spiro atoms. The van der Waals surface area contributed by atoms with Crippen LogP contribution in [0.2, 0.25) is 0 Å². The largest absolute Gasteiger partial charge is 0.379 e. The van der Waals surface area contributed by atoms with E-state index in [1.807, 2.05) is 0 Å². The van der Waals surface area contributed by atoms with Crippen LogP contribution < -0.4 is 0 Å². The molecule has 7 nitrogen and oxygen atoms in total. The lowest BCUT2D eigenvalue weighted by Crippen LogP contribution is -2.40. The number of nitrogens with zero attached hydrogens (tertiary/aromatic N) is 3. The van der Waals surface area contributed by atoms with Gasteiger partial charge in [-0.25, -0.2) is 13.0 Å². The fraction of sp³-hybridized carbons (Fsp3) is 0.400. The van der Waals surface area contributed by atoms with E-state index >= 15 is 0 Å². The third-order valence-corrected chi connectivity index (χ3v) is 4.77. The van der Waals surface area contributed by atoms with Gasteiger partial charge in [-0.2, -0.15) is 4.31 Å². The Morgan fingerprint density at radius 3 is 2.72 bits per heavy atom. The molecule has 0 N–H and O–H groups in total. The van der Waals surface area contributed by atoms with Crippen LogP contribution in [0.3, 0.4) is 0 Å². The molecule has 0 amide bonds. The topological polar surface area (TPSA) is 85.5 Å². The number of hydrogen-bond acceptors (Lipinski definition) is 6. The third-order valence-electron chi connectivity index (χ3n) is 2.84. The Kier molecular flexibility index (Phi) is 2.77. The number of sulfonamides is 1. The van der Waals surface area contributed by atoms with Crippen molar-refractivity contribution in [3.63, 3.8) is 0 Å². The SMILES string of the molecule is O=S(=O)(c1cccc2nonc12)N1CCOCC1. The predicted molar refractivity (Wildman–Crippen MR) is 61.4 cm³/mol. The lowest BCUT2D eigenvalue weighted by Gasteiger charge is -2.25. The predicted octanol–water partition coefficient (Wildman–Crippen LogP) is 0.244. The van der Waals surface area contributed by atoms with Crippen LogP contribution in [0.5, 0.6) is 0 Å². The summed E-state index contributed by atoms with van der Waals surface area (Å²) in [5, 5.41) is 7.30. The molecule has 8 heteroatoms. The van der Waals surface area contributed by atoms with Crippen LogP contribution >= 0.6 is 0 Å². The van der Waals surface area contributed by atoms with Gasteiger partial charge in [0.05, 0.1) is 13.2 Å². The van der Waals surface area contributed by atoms with E-state index in [0.29, 0.717) is 31.8 Å². The van der Waals surface area contributed by atoms with Crippen LogP contribution in [0.1, 0.15) is 0 Å². The summed E-state index contributed by atoms with van der Waals surface area (Å²) in [4.78, 5) is 0.128. The van der Waals surface area contributed by atoms with Gasteiger partial charge < -0.3 is 4.74 Å². The molecule has 0 unspecified atom stereocenters. The van der Waals surface area contributed by atoms with E-state index in [2.05, 4.69) is 14.9 Å². The minimum absolute atomic E-state index is 0.128. The fourth-order valence-corrected chi connectivity index (χ4v) is 3.46. The van der Waals surface area contributed by atoms with E-state index < -0.39 is 10.0 Å². The zero-order valence-corrected chi connectivity index (χ0v) is 10.3. The summed E-state index contributed by atoms with van der Waals surface area (Å²) in [6, 6.07) is 4.79. The van der Waals surface area contributed by atoms with E-state index in [9.17, 15) is 8.42 Å². The van der Waals surface area contributed by atoms with Crippen molar-refractivity contribution in [1.82, 2.24) is 14.6 Å². The molecular formula is C10H11N3O4S. The number of rotatable bonds is 2. The Balaban J connectivity index is 2.10. The first-order chi connectivity index (χ1) is 8.69. The molecule has 2 heterocycles. The minimum Gasteiger partial charge on any atom is -0.379 e. The zero-order chi connectivity index (χ0) is 12.6. The first-order valence-electron chi connectivity index (χ1n) is 5.49. The molecule has 1 aliphatic heterocycles. The highest BCUT2D eigenvalue weighted by Gasteiger charge is 2.29. The summed E-state index contributed by atoms with van der Waals surface area (Å²) in [6.07, 6.45) is 0. The lowest BCUT2D eigenvalue weighted by molar-refractivity contribution is 0.0730. The fourth-order valence-electron chi connectivity index (χ4n) is 1.92. The van der Waals surface area contributed by atoms with Crippen LogP contribution in [0, 0.1) is 0 Å². The number of hydrogen-bond donors (Lipinski definition) is 0. The Bertz CT molecular complexity index is 661. The maximum absolute atomic E-state index is 12.5. The third kappa shape index (κ3) is 1.78. The van der Waals surface area contributed by atoms with Gasteiger partial charge in [0, 0.05) is 13.1 Å². The minimum atomic E-state index is -3.57.